The number of allylic oxidation sites excluding steroid dienone is 5. The van der Waals surface area contributed by atoms with Crippen molar-refractivity contribution in [3.05, 3.63) is 36.5 Å². The molecule has 0 aromatic rings. The van der Waals surface area contributed by atoms with Crippen molar-refractivity contribution in [1.82, 2.24) is 5.32 Å². The van der Waals surface area contributed by atoms with Crippen LogP contribution in [0.15, 0.2) is 36.5 Å². The summed E-state index contributed by atoms with van der Waals surface area (Å²) in [5.41, 5.74) is 0. The van der Waals surface area contributed by atoms with Crippen molar-refractivity contribution in [1.29, 1.82) is 0 Å². The monoisotopic (exact) mass is 1050 g/mol. The summed E-state index contributed by atoms with van der Waals surface area (Å²) in [5, 5.41) is 23.2. The fraction of sp³-hybridized carbons (Fsp3) is 0.884. The third-order valence-electron chi connectivity index (χ3n) is 15.7. The first-order valence-electron chi connectivity index (χ1n) is 33.8. The van der Waals surface area contributed by atoms with Crippen LogP contribution in [-0.4, -0.2) is 47.4 Å². The lowest BCUT2D eigenvalue weighted by Crippen LogP contribution is -2.45. The number of nitrogens with one attached hydrogen (secondary N) is 1. The highest BCUT2D eigenvalue weighted by Gasteiger charge is 2.18. The maximum atomic E-state index is 12.5. The van der Waals surface area contributed by atoms with E-state index in [0.29, 0.717) is 19.4 Å². The average molecular weight is 1050 g/mol. The topological polar surface area (TPSA) is 95.9 Å². The molecule has 0 bridgehead atoms. The Morgan fingerprint density at radius 3 is 1.04 bits per heavy atom. The van der Waals surface area contributed by atoms with Crippen LogP contribution in [0, 0.1) is 0 Å². The number of esters is 1. The van der Waals surface area contributed by atoms with Gasteiger partial charge in [-0.3, -0.25) is 9.59 Å². The van der Waals surface area contributed by atoms with Crippen molar-refractivity contribution >= 4 is 11.9 Å². The second-order valence-corrected chi connectivity index (χ2v) is 23.2. The van der Waals surface area contributed by atoms with Crippen LogP contribution in [0.4, 0.5) is 0 Å². The molecule has 0 aliphatic rings. The molecule has 2 atom stereocenters. The van der Waals surface area contributed by atoms with Gasteiger partial charge >= 0.3 is 5.97 Å². The Balaban J connectivity index is 3.38. The molecule has 0 aromatic heterocycles. The van der Waals surface area contributed by atoms with E-state index < -0.39 is 12.1 Å². The van der Waals surface area contributed by atoms with E-state index in [4.69, 9.17) is 4.74 Å². The molecule has 0 aromatic carbocycles. The van der Waals surface area contributed by atoms with E-state index in [9.17, 15) is 19.8 Å². The van der Waals surface area contributed by atoms with Crippen LogP contribution in [0.1, 0.15) is 367 Å². The number of aliphatic hydroxyl groups excluding tert-OH is 2. The average Bonchev–Trinajstić information content (AvgIpc) is 3.41. The van der Waals surface area contributed by atoms with Gasteiger partial charge in [0.2, 0.25) is 5.91 Å². The van der Waals surface area contributed by atoms with Crippen LogP contribution < -0.4 is 5.32 Å². The minimum atomic E-state index is -0.844. The summed E-state index contributed by atoms with van der Waals surface area (Å²) in [6, 6.07) is -0.627. The number of carbonyl (C=O) groups is 2. The highest BCUT2D eigenvalue weighted by molar-refractivity contribution is 5.76. The summed E-state index contributed by atoms with van der Waals surface area (Å²) in [7, 11) is 0. The smallest absolute Gasteiger partial charge is 0.305 e. The SMILES string of the molecule is CCCCC/C=C\C/C=C\CCCCCCCCCC(=O)OCCCCCCCCCCCCCCCCCCCCCCCCCCC(=O)NC(CO)C(O)/C=C/CCCCCCCCCCCCCCCCC. The van der Waals surface area contributed by atoms with E-state index in [1.165, 1.54) is 289 Å². The van der Waals surface area contributed by atoms with Gasteiger partial charge in [0, 0.05) is 12.8 Å². The number of unbranched alkanes of at least 4 members (excludes halogenated alkanes) is 48. The third kappa shape index (κ3) is 61.2. The fourth-order valence-corrected chi connectivity index (χ4v) is 10.5. The Bertz CT molecular complexity index is 1210. The maximum absolute atomic E-state index is 12.5. The Labute approximate surface area is 468 Å². The van der Waals surface area contributed by atoms with Gasteiger partial charge in [0.1, 0.15) is 0 Å². The van der Waals surface area contributed by atoms with Crippen molar-refractivity contribution < 1.29 is 24.5 Å². The molecule has 2 unspecified atom stereocenters. The van der Waals surface area contributed by atoms with Crippen LogP contribution in [0.5, 0.6) is 0 Å². The Morgan fingerprint density at radius 2 is 0.667 bits per heavy atom. The van der Waals surface area contributed by atoms with Crippen LogP contribution >= 0.6 is 0 Å². The second-order valence-electron chi connectivity index (χ2n) is 23.2. The summed E-state index contributed by atoms with van der Waals surface area (Å²) >= 11 is 0. The zero-order chi connectivity index (χ0) is 54.3. The van der Waals surface area contributed by atoms with Crippen LogP contribution in [0.3, 0.4) is 0 Å². The zero-order valence-electron chi connectivity index (χ0n) is 50.5. The molecule has 0 rings (SSSR count). The van der Waals surface area contributed by atoms with Gasteiger partial charge in [0.25, 0.3) is 0 Å². The van der Waals surface area contributed by atoms with Crippen molar-refractivity contribution in [2.75, 3.05) is 13.2 Å². The predicted octanol–water partition coefficient (Wildman–Crippen LogP) is 21.5. The highest BCUT2D eigenvalue weighted by Crippen LogP contribution is 2.18. The summed E-state index contributed by atoms with van der Waals surface area (Å²) in [5.74, 6) is -0.0569. The van der Waals surface area contributed by atoms with E-state index in [1.807, 2.05) is 6.08 Å². The number of hydrogen-bond donors (Lipinski definition) is 3. The van der Waals surface area contributed by atoms with Gasteiger partial charge in [-0.05, 0) is 64.2 Å². The first-order valence-corrected chi connectivity index (χ1v) is 33.8. The predicted molar refractivity (Wildman–Crippen MR) is 329 cm³/mol. The first kappa shape index (κ1) is 73.1. The summed E-state index contributed by atoms with van der Waals surface area (Å²) in [6.45, 7) is 4.90. The van der Waals surface area contributed by atoms with Crippen LogP contribution in [0.2, 0.25) is 0 Å². The molecule has 442 valence electrons. The van der Waals surface area contributed by atoms with Gasteiger partial charge in [-0.1, -0.05) is 326 Å². The lowest BCUT2D eigenvalue weighted by atomic mass is 10.0. The molecule has 0 aliphatic heterocycles. The van der Waals surface area contributed by atoms with Gasteiger partial charge in [0.15, 0.2) is 0 Å². The molecule has 1 amide bonds. The number of amides is 1. The molecule has 3 N–H and O–H groups in total. The van der Waals surface area contributed by atoms with Crippen molar-refractivity contribution in [2.24, 2.45) is 0 Å². The van der Waals surface area contributed by atoms with E-state index in [-0.39, 0.29) is 18.5 Å². The first-order chi connectivity index (χ1) is 37.0. The van der Waals surface area contributed by atoms with E-state index >= 15 is 0 Å². The molecule has 0 saturated heterocycles. The number of rotatable bonds is 63. The van der Waals surface area contributed by atoms with Gasteiger partial charge in [-0.25, -0.2) is 0 Å². The number of ether oxygens (including phenoxy) is 1. The zero-order valence-corrected chi connectivity index (χ0v) is 50.5. The minimum absolute atomic E-state index is 0.00754. The van der Waals surface area contributed by atoms with Crippen LogP contribution in [-0.2, 0) is 14.3 Å². The van der Waals surface area contributed by atoms with E-state index in [2.05, 4.69) is 43.5 Å². The van der Waals surface area contributed by atoms with Crippen molar-refractivity contribution in [2.45, 2.75) is 379 Å². The summed E-state index contributed by atoms with van der Waals surface area (Å²) < 4.78 is 5.50. The van der Waals surface area contributed by atoms with Gasteiger partial charge in [-0.2, -0.15) is 0 Å². The molecule has 6 heteroatoms. The number of carbonyl (C=O) groups excluding carboxylic acids is 2. The standard InChI is InChI=1S/C69H131NO5/c1-3-5-7-9-11-13-15-17-19-29-33-37-41-45-49-53-57-61-67(72)66(65-71)70-68(73)62-58-54-50-46-42-38-34-31-27-25-23-21-22-24-26-28-32-36-40-44-48-52-56-60-64-75-69(74)63-59-55-51-47-43-39-35-30-20-18-16-14-12-10-8-6-4-2/h12,14,18,20,57,61,66-67,71-72H,3-11,13,15-17,19,21-56,58-60,62-65H2,1-2H3,(H,70,73)/b14-12-,20-18-,61-57+. The Hall–Kier alpha value is -1.92. The minimum Gasteiger partial charge on any atom is -0.466 e. The Morgan fingerprint density at radius 1 is 0.373 bits per heavy atom. The Kier molecular flexibility index (Phi) is 63.0. The third-order valence-corrected chi connectivity index (χ3v) is 15.7. The van der Waals surface area contributed by atoms with Gasteiger partial charge in [-0.15, -0.1) is 0 Å². The number of aliphatic hydroxyl groups is 2. The fourth-order valence-electron chi connectivity index (χ4n) is 10.5. The van der Waals surface area contributed by atoms with Crippen molar-refractivity contribution in [3.8, 4) is 0 Å². The molecule has 0 fully saturated rings. The largest absolute Gasteiger partial charge is 0.466 e. The molecule has 0 heterocycles. The van der Waals surface area contributed by atoms with E-state index in [0.717, 1.165) is 51.4 Å². The molecule has 75 heavy (non-hydrogen) atoms. The molecule has 6 nitrogen and oxygen atoms in total. The molecule has 0 aliphatic carbocycles. The molecule has 0 radical (unpaired) electrons. The molecular weight excluding hydrogens is 923 g/mol. The van der Waals surface area contributed by atoms with Gasteiger partial charge < -0.3 is 20.3 Å². The lowest BCUT2D eigenvalue weighted by molar-refractivity contribution is -0.143. The van der Waals surface area contributed by atoms with Crippen LogP contribution in [0.25, 0.3) is 0 Å². The number of hydrogen-bond acceptors (Lipinski definition) is 5. The quantitative estimate of drug-likeness (QED) is 0.0320. The lowest BCUT2D eigenvalue weighted by Gasteiger charge is -2.20. The molecular formula is C69H131NO5. The normalized spacial score (nSPS) is 12.7. The molecule has 0 spiro atoms. The van der Waals surface area contributed by atoms with Gasteiger partial charge in [0.05, 0.1) is 25.4 Å². The summed E-state index contributed by atoms with van der Waals surface area (Å²) in [4.78, 5) is 24.6. The highest BCUT2D eigenvalue weighted by atomic mass is 16.5. The summed E-state index contributed by atoms with van der Waals surface area (Å²) in [6.07, 6.45) is 82.0. The van der Waals surface area contributed by atoms with Crippen molar-refractivity contribution in [3.63, 3.8) is 0 Å². The van der Waals surface area contributed by atoms with E-state index in [1.54, 1.807) is 6.08 Å². The maximum Gasteiger partial charge on any atom is 0.305 e. The molecule has 0 saturated carbocycles. The second kappa shape index (κ2) is 64.6.